The first-order chi connectivity index (χ1) is 42.5. The number of benzene rings is 8. The van der Waals surface area contributed by atoms with E-state index in [-0.39, 0.29) is 0 Å². The number of hydrogen-bond donors (Lipinski definition) is 4. The number of methoxy groups -OCH3 is 4. The third-order valence-corrected chi connectivity index (χ3v) is 20.8. The molecule has 0 saturated carbocycles. The van der Waals surface area contributed by atoms with Crippen molar-refractivity contribution >= 4 is 92.8 Å². The Labute approximate surface area is 560 Å². The fourth-order valence-corrected chi connectivity index (χ4v) is 14.2. The van der Waals surface area contributed by atoms with Gasteiger partial charge in [-0.2, -0.15) is 0 Å². The molecule has 4 N–H and O–H groups in total. The lowest BCUT2D eigenvalue weighted by Gasteiger charge is -2.32. The SMILES string of the molecule is CN[C@@H]1Cc2ccc(OC)cc2[C@@H](c2ccc(Cl)c(Cl)c2)C1.CN[C@@H]1Cc2ccc(OC)cc2[C@H](c2ccc(Cl)c(Cl)c2)C1.CN[C@H]1Cc2ccc(OC)cc2[C@@H](c2ccc(Cl)c(Cl)c2)C1.CN[C@H]1Cc2ccc(OC)cc2[C@H](c2ccc(Cl)c(Cl)c2)C1. The van der Waals surface area contributed by atoms with Gasteiger partial charge in [-0.3, -0.25) is 0 Å². The van der Waals surface area contributed by atoms with Crippen LogP contribution in [-0.4, -0.2) is 80.8 Å². The van der Waals surface area contributed by atoms with Crippen LogP contribution in [0.15, 0.2) is 146 Å². The first-order valence-corrected chi connectivity index (χ1v) is 32.7. The minimum Gasteiger partial charge on any atom is -0.497 e. The fourth-order valence-electron chi connectivity index (χ4n) is 12.9. The smallest absolute Gasteiger partial charge is 0.119 e. The second-order valence-corrected chi connectivity index (χ2v) is 26.1. The van der Waals surface area contributed by atoms with Gasteiger partial charge in [0.1, 0.15) is 23.0 Å². The molecule has 0 spiro atoms. The van der Waals surface area contributed by atoms with Crippen molar-refractivity contribution in [3.05, 3.63) is 253 Å². The summed E-state index contributed by atoms with van der Waals surface area (Å²) in [4.78, 5) is 0. The van der Waals surface area contributed by atoms with Crippen LogP contribution in [0.25, 0.3) is 0 Å². The Balaban J connectivity index is 0.000000140. The lowest BCUT2D eigenvalue weighted by atomic mass is 9.76. The highest BCUT2D eigenvalue weighted by Gasteiger charge is 2.32. The number of nitrogens with one attached hydrogen (secondary N) is 4. The molecule has 88 heavy (non-hydrogen) atoms. The van der Waals surface area contributed by atoms with Crippen molar-refractivity contribution < 1.29 is 18.9 Å². The first kappa shape index (κ1) is 67.5. The van der Waals surface area contributed by atoms with Gasteiger partial charge in [0.2, 0.25) is 0 Å². The Morgan fingerprint density at radius 1 is 0.273 bits per heavy atom. The third kappa shape index (κ3) is 16.2. The van der Waals surface area contributed by atoms with Gasteiger partial charge >= 0.3 is 0 Å². The van der Waals surface area contributed by atoms with Crippen molar-refractivity contribution in [1.82, 2.24) is 21.3 Å². The van der Waals surface area contributed by atoms with Gasteiger partial charge in [-0.15, -0.1) is 0 Å². The van der Waals surface area contributed by atoms with Crippen LogP contribution >= 0.6 is 92.8 Å². The molecule has 0 saturated heterocycles. The van der Waals surface area contributed by atoms with Crippen LogP contribution < -0.4 is 40.2 Å². The van der Waals surface area contributed by atoms with E-state index in [1.165, 1.54) is 66.8 Å². The molecule has 8 atom stereocenters. The van der Waals surface area contributed by atoms with Gasteiger partial charge in [0, 0.05) is 47.8 Å². The molecule has 12 rings (SSSR count). The monoisotopic (exact) mass is 1340 g/mol. The van der Waals surface area contributed by atoms with Gasteiger partial charge in [-0.1, -0.05) is 141 Å². The molecular formula is C72H76Cl8N4O4. The highest BCUT2D eigenvalue weighted by atomic mass is 35.5. The fraction of sp³-hybridized carbons (Fsp3) is 0.333. The molecule has 0 heterocycles. The summed E-state index contributed by atoms with van der Waals surface area (Å²) in [6.07, 6.45) is 8.29. The Bertz CT molecular complexity index is 3220. The molecule has 0 aromatic heterocycles. The maximum atomic E-state index is 6.22. The molecule has 8 aromatic rings. The summed E-state index contributed by atoms with van der Waals surface area (Å²) < 4.78 is 21.6. The second kappa shape index (κ2) is 31.4. The van der Waals surface area contributed by atoms with E-state index >= 15 is 0 Å². The van der Waals surface area contributed by atoms with E-state index in [0.29, 0.717) is 88.0 Å². The summed E-state index contributed by atoms with van der Waals surface area (Å²) in [6.45, 7) is 0. The molecule has 4 aliphatic rings. The van der Waals surface area contributed by atoms with E-state index in [1.54, 1.807) is 28.4 Å². The zero-order valence-electron chi connectivity index (χ0n) is 50.8. The molecule has 4 aliphatic carbocycles. The van der Waals surface area contributed by atoms with Gasteiger partial charge in [0.05, 0.1) is 68.6 Å². The molecule has 0 aliphatic heterocycles. The van der Waals surface area contributed by atoms with Crippen LogP contribution in [-0.2, 0) is 25.7 Å². The van der Waals surface area contributed by atoms with Crippen LogP contribution in [0, 0.1) is 0 Å². The molecule has 0 amide bonds. The number of likely N-dealkylation sites (N-methyl/N-ethyl adjacent to an activating group) is 4. The molecule has 0 bridgehead atoms. The van der Waals surface area contributed by atoms with Crippen molar-refractivity contribution in [3.63, 3.8) is 0 Å². The second-order valence-electron chi connectivity index (χ2n) is 22.9. The average molecular weight is 1350 g/mol. The minimum absolute atomic E-state index is 0.297. The largest absolute Gasteiger partial charge is 0.497 e. The normalized spacial score (nSPS) is 20.5. The summed E-state index contributed by atoms with van der Waals surface area (Å²) in [7, 11) is 14.9. The molecule has 8 aromatic carbocycles. The summed E-state index contributed by atoms with van der Waals surface area (Å²) in [5.41, 5.74) is 15.5. The number of halogens is 8. The quantitative estimate of drug-likeness (QED) is 0.0963. The van der Waals surface area contributed by atoms with E-state index in [1.807, 2.05) is 101 Å². The van der Waals surface area contributed by atoms with E-state index in [4.69, 9.17) is 112 Å². The summed E-state index contributed by atoms with van der Waals surface area (Å²) in [6, 6.07) is 50.9. The van der Waals surface area contributed by atoms with Crippen LogP contribution in [0.5, 0.6) is 23.0 Å². The molecular weight excluding hydrogens is 1270 g/mol. The highest BCUT2D eigenvalue weighted by molar-refractivity contribution is 6.43. The maximum absolute atomic E-state index is 6.22. The van der Waals surface area contributed by atoms with E-state index < -0.39 is 0 Å². The summed E-state index contributed by atoms with van der Waals surface area (Å²) in [5.74, 6) is 4.77. The Kier molecular flexibility index (Phi) is 24.1. The van der Waals surface area contributed by atoms with Gasteiger partial charge in [0.25, 0.3) is 0 Å². The lowest BCUT2D eigenvalue weighted by Crippen LogP contribution is -2.33. The minimum atomic E-state index is 0.297. The predicted molar refractivity (Wildman–Crippen MR) is 370 cm³/mol. The standard InChI is InChI=1S/4C18H19Cl2NO/c4*1-21-13-7-11-3-5-14(22-2)10-16(11)15(9-13)12-4-6-17(19)18(20)8-12/h4*3-6,8,10,13,15,21H,7,9H2,1-2H3/t2*13-,15+;2*13-,15-/m1010/s1. The zero-order chi connectivity index (χ0) is 62.8. The molecule has 8 nitrogen and oxygen atoms in total. The predicted octanol–water partition coefficient (Wildman–Crippen LogP) is 18.7. The Morgan fingerprint density at radius 3 is 0.648 bits per heavy atom. The van der Waals surface area contributed by atoms with Gasteiger partial charge in [0.15, 0.2) is 0 Å². The Morgan fingerprint density at radius 2 is 0.477 bits per heavy atom. The van der Waals surface area contributed by atoms with Crippen molar-refractivity contribution in [3.8, 4) is 23.0 Å². The zero-order valence-corrected chi connectivity index (χ0v) is 56.8. The molecule has 0 unspecified atom stereocenters. The highest BCUT2D eigenvalue weighted by Crippen LogP contribution is 2.45. The van der Waals surface area contributed by atoms with E-state index in [0.717, 1.165) is 74.4 Å². The van der Waals surface area contributed by atoms with E-state index in [9.17, 15) is 0 Å². The van der Waals surface area contributed by atoms with Crippen molar-refractivity contribution in [2.45, 2.75) is 99.2 Å². The number of rotatable bonds is 12. The maximum Gasteiger partial charge on any atom is 0.119 e. The van der Waals surface area contributed by atoms with Crippen molar-refractivity contribution in [2.24, 2.45) is 0 Å². The van der Waals surface area contributed by atoms with Crippen LogP contribution in [0.2, 0.25) is 40.2 Å². The molecule has 0 fully saturated rings. The Hall–Kier alpha value is -4.88. The lowest BCUT2D eigenvalue weighted by molar-refractivity contribution is 0.410. The first-order valence-electron chi connectivity index (χ1n) is 29.6. The van der Waals surface area contributed by atoms with Crippen LogP contribution in [0.3, 0.4) is 0 Å². The van der Waals surface area contributed by atoms with Gasteiger partial charge in [-0.05, 0) is 243 Å². The number of fused-ring (bicyclic) bond motifs is 4. The van der Waals surface area contributed by atoms with Crippen LogP contribution in [0.4, 0.5) is 0 Å². The average Bonchev–Trinajstić information content (AvgIpc) is 1.14. The van der Waals surface area contributed by atoms with Crippen molar-refractivity contribution in [1.29, 1.82) is 0 Å². The van der Waals surface area contributed by atoms with Crippen molar-refractivity contribution in [2.75, 3.05) is 56.6 Å². The van der Waals surface area contributed by atoms with Gasteiger partial charge < -0.3 is 40.2 Å². The molecule has 0 radical (unpaired) electrons. The summed E-state index contributed by atoms with van der Waals surface area (Å²) >= 11 is 49.1. The van der Waals surface area contributed by atoms with Crippen LogP contribution in [0.1, 0.15) is 116 Å². The number of hydrogen-bond acceptors (Lipinski definition) is 8. The summed E-state index contributed by atoms with van der Waals surface area (Å²) in [5, 5.41) is 18.4. The number of ether oxygens (including phenoxy) is 4. The third-order valence-electron chi connectivity index (χ3n) is 17.9. The molecule has 16 heteroatoms. The van der Waals surface area contributed by atoms with E-state index in [2.05, 4.69) is 94.1 Å². The molecule has 464 valence electrons. The van der Waals surface area contributed by atoms with Gasteiger partial charge in [-0.25, -0.2) is 0 Å². The topological polar surface area (TPSA) is 85.0 Å².